The molecule has 4 aromatic rings. The summed E-state index contributed by atoms with van der Waals surface area (Å²) in [7, 11) is 1.96. The Kier molecular flexibility index (Phi) is 6.41. The summed E-state index contributed by atoms with van der Waals surface area (Å²) in [5, 5.41) is 3.95. The van der Waals surface area contributed by atoms with Crippen LogP contribution in [0, 0.1) is 11.8 Å². The largest absolute Gasteiger partial charge is 0.491 e. The first-order valence-electron chi connectivity index (χ1n) is 14.4. The molecular weight excluding hydrogens is 525 g/mol. The molecule has 0 unspecified atom stereocenters. The monoisotopic (exact) mass is 559 g/mol. The molecule has 1 aromatic carbocycles. The quantitative estimate of drug-likeness (QED) is 0.326. The van der Waals surface area contributed by atoms with Gasteiger partial charge in [0, 0.05) is 57.4 Å². The summed E-state index contributed by atoms with van der Waals surface area (Å²) >= 11 is 0. The average Bonchev–Trinajstić information content (AvgIpc) is 3.45. The van der Waals surface area contributed by atoms with E-state index < -0.39 is 12.7 Å². The zero-order valence-electron chi connectivity index (χ0n) is 23.1. The van der Waals surface area contributed by atoms with Crippen molar-refractivity contribution < 1.29 is 18.7 Å². The molecule has 3 N–H and O–H groups in total. The number of benzene rings is 1. The van der Waals surface area contributed by atoms with Crippen LogP contribution in [0.2, 0.25) is 0 Å². The smallest absolute Gasteiger partial charge is 0.255 e. The number of ether oxygens (including phenoxy) is 1. The number of hydrogen-bond donors (Lipinski definition) is 2. The minimum Gasteiger partial charge on any atom is -0.491 e. The summed E-state index contributed by atoms with van der Waals surface area (Å²) in [5.74, 6) is 2.23. The van der Waals surface area contributed by atoms with Gasteiger partial charge in [0.2, 0.25) is 5.91 Å². The Morgan fingerprint density at radius 2 is 2.05 bits per heavy atom. The fourth-order valence-corrected chi connectivity index (χ4v) is 6.10. The second-order valence-corrected chi connectivity index (χ2v) is 11.7. The third-order valence-electron chi connectivity index (χ3n) is 8.50. The molecule has 11 heteroatoms. The van der Waals surface area contributed by atoms with Gasteiger partial charge in [-0.25, -0.2) is 14.4 Å². The molecular formula is C30H34FN7O3. The van der Waals surface area contributed by atoms with Gasteiger partial charge < -0.3 is 29.8 Å². The molecule has 5 heterocycles. The Bertz CT molecular complexity index is 1670. The van der Waals surface area contributed by atoms with Crippen molar-refractivity contribution in [1.82, 2.24) is 29.3 Å². The number of aromatic nitrogens is 4. The highest BCUT2D eigenvalue weighted by molar-refractivity contribution is 5.99. The minimum atomic E-state index is -0.696. The maximum Gasteiger partial charge on any atom is 0.255 e. The number of imidazole rings is 1. The van der Waals surface area contributed by atoms with Crippen molar-refractivity contribution in [1.29, 1.82) is 0 Å². The highest BCUT2D eigenvalue weighted by Gasteiger charge is 2.30. The van der Waals surface area contributed by atoms with Gasteiger partial charge in [-0.05, 0) is 37.0 Å². The maximum absolute atomic E-state index is 13.2. The Morgan fingerprint density at radius 3 is 2.80 bits per heavy atom. The van der Waals surface area contributed by atoms with E-state index >= 15 is 0 Å². The average molecular weight is 560 g/mol. The molecule has 3 aliphatic rings. The summed E-state index contributed by atoms with van der Waals surface area (Å²) in [4.78, 5) is 36.4. The third kappa shape index (κ3) is 4.71. The van der Waals surface area contributed by atoms with Crippen LogP contribution in [0.25, 0.3) is 33.6 Å². The number of aryl methyl sites for hydroxylation is 1. The van der Waals surface area contributed by atoms with Crippen LogP contribution >= 0.6 is 0 Å². The van der Waals surface area contributed by atoms with Crippen molar-refractivity contribution in [2.24, 2.45) is 24.6 Å². The molecule has 41 heavy (non-hydrogen) atoms. The topological polar surface area (TPSA) is 120 Å². The number of carbonyl (C=O) groups excluding carboxylic acids is 2. The van der Waals surface area contributed by atoms with E-state index in [1.165, 1.54) is 12.8 Å². The van der Waals surface area contributed by atoms with Crippen molar-refractivity contribution in [2.45, 2.75) is 38.3 Å². The van der Waals surface area contributed by atoms with Crippen LogP contribution in [0.15, 0.2) is 30.3 Å². The zero-order chi connectivity index (χ0) is 28.2. The number of alkyl halides is 1. The van der Waals surface area contributed by atoms with E-state index in [0.717, 1.165) is 46.1 Å². The first kappa shape index (κ1) is 25.9. The van der Waals surface area contributed by atoms with Crippen molar-refractivity contribution in [3.8, 4) is 17.3 Å². The molecule has 2 atom stereocenters. The van der Waals surface area contributed by atoms with Crippen LogP contribution < -0.4 is 15.8 Å². The highest BCUT2D eigenvalue weighted by Crippen LogP contribution is 2.39. The van der Waals surface area contributed by atoms with Crippen LogP contribution in [-0.2, 0) is 24.8 Å². The van der Waals surface area contributed by atoms with Gasteiger partial charge in [0.15, 0.2) is 11.5 Å². The molecule has 10 nitrogen and oxygen atoms in total. The second kappa shape index (κ2) is 10.1. The van der Waals surface area contributed by atoms with Gasteiger partial charge in [-0.1, -0.05) is 12.1 Å². The summed E-state index contributed by atoms with van der Waals surface area (Å²) < 4.78 is 23.7. The summed E-state index contributed by atoms with van der Waals surface area (Å²) in [6.07, 6.45) is 3.46. The van der Waals surface area contributed by atoms with E-state index in [-0.39, 0.29) is 24.3 Å². The van der Waals surface area contributed by atoms with E-state index in [4.69, 9.17) is 20.4 Å². The predicted molar refractivity (Wildman–Crippen MR) is 152 cm³/mol. The zero-order valence-corrected chi connectivity index (χ0v) is 23.1. The normalized spacial score (nSPS) is 19.7. The number of amides is 2. The van der Waals surface area contributed by atoms with Crippen molar-refractivity contribution in [3.63, 3.8) is 0 Å². The van der Waals surface area contributed by atoms with Crippen LogP contribution in [0.5, 0.6) is 5.75 Å². The van der Waals surface area contributed by atoms with Gasteiger partial charge in [0.1, 0.15) is 17.9 Å². The molecule has 214 valence electrons. The number of para-hydroxylation sites is 1. The van der Waals surface area contributed by atoms with Gasteiger partial charge in [-0.2, -0.15) is 0 Å². The van der Waals surface area contributed by atoms with Gasteiger partial charge in [-0.15, -0.1) is 0 Å². The van der Waals surface area contributed by atoms with E-state index in [9.17, 15) is 14.0 Å². The third-order valence-corrected chi connectivity index (χ3v) is 8.50. The number of nitrogens with zero attached hydrogens (tertiary/aromatic N) is 5. The lowest BCUT2D eigenvalue weighted by Crippen LogP contribution is -2.45. The molecule has 1 saturated carbocycles. The van der Waals surface area contributed by atoms with Gasteiger partial charge in [-0.3, -0.25) is 9.59 Å². The highest BCUT2D eigenvalue weighted by atomic mass is 19.1. The number of nitrogens with two attached hydrogens (primary N) is 1. The standard InChI is InChI=1S/C30H34FN7O3/c1-36-28-23(11-21-22(34-28)7-8-37(30(21)40)15-20(32)12-31)35-29(36)24-10-19-3-2-4-25(27(19)38(24)14-17-5-6-17)41-16-18-9-26(39)33-13-18/h2-4,10-11,17-18,20H,5-9,12-16,32H2,1H3,(H,33,39)/t18-,20-/m1/s1. The molecule has 1 aliphatic carbocycles. The molecule has 0 radical (unpaired) electrons. The van der Waals surface area contributed by atoms with Crippen molar-refractivity contribution in [3.05, 3.63) is 41.6 Å². The van der Waals surface area contributed by atoms with Crippen molar-refractivity contribution in [2.75, 3.05) is 32.9 Å². The van der Waals surface area contributed by atoms with E-state index in [1.54, 1.807) is 4.90 Å². The fraction of sp³-hybridized carbons (Fsp3) is 0.467. The Labute approximate surface area is 236 Å². The van der Waals surface area contributed by atoms with E-state index in [2.05, 4.69) is 22.0 Å². The van der Waals surface area contributed by atoms with Crippen LogP contribution in [0.1, 0.15) is 35.3 Å². The SMILES string of the molecule is Cn1c(-c2cc3cccc(OC[C@H]4CNC(=O)C4)c3n2CC2CC2)nc2cc3c(nc21)CCN(C[C@H](N)CF)C3=O. The second-order valence-electron chi connectivity index (χ2n) is 11.7. The number of nitrogens with one attached hydrogen (secondary N) is 1. The number of fused-ring (bicyclic) bond motifs is 3. The lowest BCUT2D eigenvalue weighted by molar-refractivity contribution is -0.119. The molecule has 2 aliphatic heterocycles. The molecule has 7 rings (SSSR count). The van der Waals surface area contributed by atoms with E-state index in [0.29, 0.717) is 49.5 Å². The van der Waals surface area contributed by atoms with E-state index in [1.807, 2.05) is 29.8 Å². The van der Waals surface area contributed by atoms with Gasteiger partial charge in [0.05, 0.1) is 35.1 Å². The number of rotatable bonds is 9. The first-order chi connectivity index (χ1) is 19.9. The molecule has 3 aromatic heterocycles. The Morgan fingerprint density at radius 1 is 1.20 bits per heavy atom. The van der Waals surface area contributed by atoms with Gasteiger partial charge in [0.25, 0.3) is 5.91 Å². The summed E-state index contributed by atoms with van der Waals surface area (Å²) in [6.45, 7) is 1.95. The predicted octanol–water partition coefficient (Wildman–Crippen LogP) is 2.81. The number of carbonyl (C=O) groups is 2. The van der Waals surface area contributed by atoms with Crippen LogP contribution in [-0.4, -0.2) is 74.8 Å². The first-order valence-corrected chi connectivity index (χ1v) is 14.4. The lowest BCUT2D eigenvalue weighted by Gasteiger charge is -2.29. The lowest BCUT2D eigenvalue weighted by atomic mass is 10.0. The number of hydrogen-bond acceptors (Lipinski definition) is 6. The maximum atomic E-state index is 13.2. The fourth-order valence-electron chi connectivity index (χ4n) is 6.10. The van der Waals surface area contributed by atoms with Crippen LogP contribution in [0.4, 0.5) is 4.39 Å². The number of pyridine rings is 1. The molecule has 1 saturated heterocycles. The van der Waals surface area contributed by atoms with Gasteiger partial charge >= 0.3 is 0 Å². The van der Waals surface area contributed by atoms with Crippen molar-refractivity contribution >= 4 is 33.9 Å². The molecule has 0 spiro atoms. The molecule has 2 fully saturated rings. The Balaban J connectivity index is 1.28. The number of halogens is 1. The summed E-state index contributed by atoms with van der Waals surface area (Å²) in [5.41, 5.74) is 10.4. The van der Waals surface area contributed by atoms with Crippen LogP contribution in [0.3, 0.4) is 0 Å². The molecule has 0 bridgehead atoms. The minimum absolute atomic E-state index is 0.0751. The Hall–Kier alpha value is -3.99. The summed E-state index contributed by atoms with van der Waals surface area (Å²) in [6, 6.07) is 9.35. The molecule has 2 amide bonds.